The van der Waals surface area contributed by atoms with E-state index in [0.717, 1.165) is 31.0 Å². The third-order valence-corrected chi connectivity index (χ3v) is 3.37. The fraction of sp³-hybridized carbons (Fsp3) is 0.600. The van der Waals surface area contributed by atoms with Gasteiger partial charge in [-0.15, -0.1) is 0 Å². The van der Waals surface area contributed by atoms with Gasteiger partial charge in [0.15, 0.2) is 0 Å². The Morgan fingerprint density at radius 2 is 2.40 bits per heavy atom. The van der Waals surface area contributed by atoms with Crippen molar-refractivity contribution in [2.75, 3.05) is 32.8 Å². The summed E-state index contributed by atoms with van der Waals surface area (Å²) in [5.74, 6) is 0.752. The first-order valence-electron chi connectivity index (χ1n) is 7.11. The molecular weight excluding hydrogens is 256 g/mol. The van der Waals surface area contributed by atoms with Crippen LogP contribution >= 0.6 is 0 Å². The smallest absolute Gasteiger partial charge is 0.119 e. The van der Waals surface area contributed by atoms with E-state index in [2.05, 4.69) is 4.90 Å². The van der Waals surface area contributed by atoms with E-state index in [4.69, 9.17) is 15.2 Å². The van der Waals surface area contributed by atoms with E-state index in [-0.39, 0.29) is 6.10 Å². The van der Waals surface area contributed by atoms with Crippen molar-refractivity contribution in [3.63, 3.8) is 0 Å². The van der Waals surface area contributed by atoms with Gasteiger partial charge in [0.2, 0.25) is 0 Å². The van der Waals surface area contributed by atoms with E-state index in [9.17, 15) is 5.11 Å². The Bertz CT molecular complexity index is 414. The molecule has 112 valence electrons. The number of hydrogen-bond donors (Lipinski definition) is 2. The standard InChI is InChI=1S/C15H24N2O3/c1-12-9-17(5-6-19-12)10-14(18)11-20-15-4-2-3-13(7-15)8-16/h2-4,7,12,14,18H,5-6,8-11,16H2,1H3. The minimum absolute atomic E-state index is 0.234. The number of nitrogens with zero attached hydrogens (tertiary/aromatic N) is 1. The first-order chi connectivity index (χ1) is 9.67. The maximum absolute atomic E-state index is 10.0. The molecule has 20 heavy (non-hydrogen) atoms. The van der Waals surface area contributed by atoms with Crippen molar-refractivity contribution >= 4 is 0 Å². The van der Waals surface area contributed by atoms with Gasteiger partial charge in [-0.25, -0.2) is 0 Å². The van der Waals surface area contributed by atoms with Gasteiger partial charge in [-0.3, -0.25) is 4.90 Å². The SMILES string of the molecule is CC1CN(CC(O)COc2cccc(CN)c2)CCO1. The normalized spacial score (nSPS) is 21.6. The van der Waals surface area contributed by atoms with Crippen LogP contribution in [0.2, 0.25) is 0 Å². The largest absolute Gasteiger partial charge is 0.491 e. The summed E-state index contributed by atoms with van der Waals surface area (Å²) >= 11 is 0. The quantitative estimate of drug-likeness (QED) is 0.799. The van der Waals surface area contributed by atoms with Gasteiger partial charge >= 0.3 is 0 Å². The molecule has 2 atom stereocenters. The first kappa shape index (κ1) is 15.3. The zero-order chi connectivity index (χ0) is 14.4. The third kappa shape index (κ3) is 4.76. The second kappa shape index (κ2) is 7.59. The van der Waals surface area contributed by atoms with Crippen LogP contribution in [0.4, 0.5) is 0 Å². The average Bonchev–Trinajstić information content (AvgIpc) is 2.45. The fourth-order valence-electron chi connectivity index (χ4n) is 2.36. The Morgan fingerprint density at radius 1 is 1.55 bits per heavy atom. The number of nitrogens with two attached hydrogens (primary N) is 1. The molecule has 3 N–H and O–H groups in total. The lowest BCUT2D eigenvalue weighted by molar-refractivity contribution is -0.0361. The molecule has 1 fully saturated rings. The molecule has 1 aliphatic rings. The third-order valence-electron chi connectivity index (χ3n) is 3.37. The molecule has 1 aromatic carbocycles. The molecule has 2 rings (SSSR count). The van der Waals surface area contributed by atoms with E-state index in [1.54, 1.807) is 0 Å². The molecule has 0 aromatic heterocycles. The highest BCUT2D eigenvalue weighted by atomic mass is 16.5. The number of β-amino-alcohol motifs (C(OH)–C–C–N with tert-alkyl or cyclic N) is 1. The lowest BCUT2D eigenvalue weighted by Crippen LogP contribution is -2.45. The van der Waals surface area contributed by atoms with Gasteiger partial charge in [0.05, 0.1) is 12.7 Å². The molecule has 1 aromatic rings. The lowest BCUT2D eigenvalue weighted by Gasteiger charge is -2.32. The van der Waals surface area contributed by atoms with Gasteiger partial charge < -0.3 is 20.3 Å². The zero-order valence-corrected chi connectivity index (χ0v) is 12.0. The maximum Gasteiger partial charge on any atom is 0.119 e. The van der Waals surface area contributed by atoms with Crippen molar-refractivity contribution in [3.8, 4) is 5.75 Å². The number of morpholine rings is 1. The highest BCUT2D eigenvalue weighted by Gasteiger charge is 2.19. The number of benzene rings is 1. The number of aliphatic hydroxyl groups excluding tert-OH is 1. The van der Waals surface area contributed by atoms with E-state index >= 15 is 0 Å². The van der Waals surface area contributed by atoms with Crippen LogP contribution in [-0.4, -0.2) is 55.1 Å². The van der Waals surface area contributed by atoms with Gasteiger partial charge in [-0.05, 0) is 24.6 Å². The van der Waals surface area contributed by atoms with Crippen LogP contribution in [0.25, 0.3) is 0 Å². The number of hydrogen-bond acceptors (Lipinski definition) is 5. The molecule has 0 aliphatic carbocycles. The Labute approximate surface area is 120 Å². The van der Waals surface area contributed by atoms with Gasteiger partial charge in [0, 0.05) is 26.2 Å². The summed E-state index contributed by atoms with van der Waals surface area (Å²) in [6, 6.07) is 7.65. The van der Waals surface area contributed by atoms with Crippen molar-refractivity contribution in [1.82, 2.24) is 4.90 Å². The van der Waals surface area contributed by atoms with Crippen LogP contribution in [0, 0.1) is 0 Å². The summed E-state index contributed by atoms with van der Waals surface area (Å²) in [4.78, 5) is 2.21. The van der Waals surface area contributed by atoms with Crippen molar-refractivity contribution in [2.45, 2.75) is 25.7 Å². The Kier molecular flexibility index (Phi) is 5.79. The highest BCUT2D eigenvalue weighted by Crippen LogP contribution is 2.13. The molecular formula is C15H24N2O3. The number of ether oxygens (including phenoxy) is 2. The molecule has 0 spiro atoms. The van der Waals surface area contributed by atoms with Crippen LogP contribution in [0.3, 0.4) is 0 Å². The zero-order valence-electron chi connectivity index (χ0n) is 12.0. The van der Waals surface area contributed by atoms with E-state index in [1.807, 2.05) is 31.2 Å². The molecule has 1 aliphatic heterocycles. The average molecular weight is 280 g/mol. The second-order valence-corrected chi connectivity index (χ2v) is 5.26. The summed E-state index contributed by atoms with van der Waals surface area (Å²) in [5, 5.41) is 10.0. The van der Waals surface area contributed by atoms with Crippen molar-refractivity contribution in [2.24, 2.45) is 5.73 Å². The minimum atomic E-state index is -0.498. The molecule has 5 nitrogen and oxygen atoms in total. The fourth-order valence-corrected chi connectivity index (χ4v) is 2.36. The summed E-state index contributed by atoms with van der Waals surface area (Å²) in [7, 11) is 0. The highest BCUT2D eigenvalue weighted by molar-refractivity contribution is 5.28. The van der Waals surface area contributed by atoms with Crippen molar-refractivity contribution in [1.29, 1.82) is 0 Å². The van der Waals surface area contributed by atoms with Crippen LogP contribution in [-0.2, 0) is 11.3 Å². The maximum atomic E-state index is 10.0. The molecule has 0 amide bonds. The van der Waals surface area contributed by atoms with E-state index in [0.29, 0.717) is 19.7 Å². The van der Waals surface area contributed by atoms with Crippen LogP contribution < -0.4 is 10.5 Å². The monoisotopic (exact) mass is 280 g/mol. The van der Waals surface area contributed by atoms with Crippen molar-refractivity contribution < 1.29 is 14.6 Å². The summed E-state index contributed by atoms with van der Waals surface area (Å²) in [6.07, 6.45) is -0.264. The lowest BCUT2D eigenvalue weighted by atomic mass is 10.2. The predicted molar refractivity (Wildman–Crippen MR) is 77.7 cm³/mol. The summed E-state index contributed by atoms with van der Waals surface area (Å²) in [6.45, 7) is 5.90. The van der Waals surface area contributed by atoms with Gasteiger partial charge in [-0.1, -0.05) is 12.1 Å². The van der Waals surface area contributed by atoms with E-state index < -0.39 is 6.10 Å². The van der Waals surface area contributed by atoms with Gasteiger partial charge in [-0.2, -0.15) is 0 Å². The molecule has 1 saturated heterocycles. The molecule has 0 radical (unpaired) electrons. The summed E-state index contributed by atoms with van der Waals surface area (Å²) < 4.78 is 11.1. The number of rotatable bonds is 6. The molecule has 0 bridgehead atoms. The topological polar surface area (TPSA) is 68.0 Å². The molecule has 1 heterocycles. The Morgan fingerprint density at radius 3 is 3.15 bits per heavy atom. The Hall–Kier alpha value is -1.14. The molecule has 5 heteroatoms. The minimum Gasteiger partial charge on any atom is -0.491 e. The summed E-state index contributed by atoms with van der Waals surface area (Å²) in [5.41, 5.74) is 6.61. The van der Waals surface area contributed by atoms with E-state index in [1.165, 1.54) is 0 Å². The number of aliphatic hydroxyl groups is 1. The van der Waals surface area contributed by atoms with Crippen LogP contribution in [0.5, 0.6) is 5.75 Å². The predicted octanol–water partition coefficient (Wildman–Crippen LogP) is 0.606. The molecule has 0 saturated carbocycles. The molecule has 2 unspecified atom stereocenters. The first-order valence-corrected chi connectivity index (χ1v) is 7.11. The van der Waals surface area contributed by atoms with Gasteiger partial charge in [0.1, 0.15) is 18.5 Å². The Balaban J connectivity index is 1.75. The van der Waals surface area contributed by atoms with Crippen LogP contribution in [0.15, 0.2) is 24.3 Å². The van der Waals surface area contributed by atoms with Crippen LogP contribution in [0.1, 0.15) is 12.5 Å². The van der Waals surface area contributed by atoms with Gasteiger partial charge in [0.25, 0.3) is 0 Å². The second-order valence-electron chi connectivity index (χ2n) is 5.26. The van der Waals surface area contributed by atoms with Crippen molar-refractivity contribution in [3.05, 3.63) is 29.8 Å².